The summed E-state index contributed by atoms with van der Waals surface area (Å²) in [6, 6.07) is 4.39. The zero-order valence-corrected chi connectivity index (χ0v) is 17.6. The molecule has 0 saturated carbocycles. The molecule has 0 saturated heterocycles. The smallest absolute Gasteiger partial charge is 0.109 e. The fourth-order valence-electron chi connectivity index (χ4n) is 2.49. The number of aliphatic hydroxyl groups is 2. The molecule has 0 aliphatic heterocycles. The molecule has 6 heteroatoms. The van der Waals surface area contributed by atoms with E-state index in [1.165, 1.54) is 36.4 Å². The van der Waals surface area contributed by atoms with E-state index in [0.717, 1.165) is 75.7 Å². The average Bonchev–Trinajstić information content (AvgIpc) is 2.66. The lowest BCUT2D eigenvalue weighted by Gasteiger charge is -2.04. The van der Waals surface area contributed by atoms with Gasteiger partial charge in [0.2, 0.25) is 0 Å². The molecule has 2 N–H and O–H groups in total. The highest BCUT2D eigenvalue weighted by Crippen LogP contribution is 2.28. The Hall–Kier alpha value is -0.660. The van der Waals surface area contributed by atoms with Crippen molar-refractivity contribution in [3.63, 3.8) is 0 Å². The van der Waals surface area contributed by atoms with Crippen molar-refractivity contribution in [3.05, 3.63) is 9.81 Å². The third-order valence-corrected chi connectivity index (χ3v) is 6.29. The van der Waals surface area contributed by atoms with Gasteiger partial charge in [-0.1, -0.05) is 51.4 Å². The van der Waals surface area contributed by atoms with Gasteiger partial charge in [0.05, 0.1) is 0 Å². The number of unbranched alkanes of at least 4 members (excludes halogenated alkanes) is 10. The second-order valence-corrected chi connectivity index (χ2v) is 8.48. The van der Waals surface area contributed by atoms with E-state index in [4.69, 9.17) is 10.2 Å². The number of nitriles is 2. The van der Waals surface area contributed by atoms with Gasteiger partial charge in [-0.15, -0.1) is 23.5 Å². The zero-order chi connectivity index (χ0) is 19.3. The Morgan fingerprint density at radius 2 is 0.846 bits per heavy atom. The highest BCUT2D eigenvalue weighted by Gasteiger charge is 2.08. The first-order valence-electron chi connectivity index (χ1n) is 9.82. The Kier molecular flexibility index (Phi) is 20.1. The van der Waals surface area contributed by atoms with Crippen molar-refractivity contribution in [1.82, 2.24) is 0 Å². The summed E-state index contributed by atoms with van der Waals surface area (Å²) < 4.78 is 0. The molecule has 0 aromatic heterocycles. The fraction of sp³-hybridized carbons (Fsp3) is 0.800. The summed E-state index contributed by atoms with van der Waals surface area (Å²) in [5.74, 6) is 1.78. The Bertz CT molecular complexity index is 402. The molecule has 0 rings (SSSR count). The zero-order valence-electron chi connectivity index (χ0n) is 15.9. The molecule has 0 unspecified atom stereocenters. The predicted octanol–water partition coefficient (Wildman–Crippen LogP) is 5.38. The number of thioether (sulfide) groups is 2. The lowest BCUT2D eigenvalue weighted by molar-refractivity contribution is 0.282. The van der Waals surface area contributed by atoms with Crippen LogP contribution in [0.5, 0.6) is 0 Å². The van der Waals surface area contributed by atoms with Crippen LogP contribution in [0, 0.1) is 22.7 Å². The van der Waals surface area contributed by atoms with Crippen LogP contribution in [0.15, 0.2) is 9.81 Å². The summed E-state index contributed by atoms with van der Waals surface area (Å²) >= 11 is 3.02. The van der Waals surface area contributed by atoms with Gasteiger partial charge >= 0.3 is 0 Å². The van der Waals surface area contributed by atoms with E-state index in [2.05, 4.69) is 12.1 Å². The molecule has 0 radical (unpaired) electrons. The number of nitrogens with zero attached hydrogens (tertiary/aromatic N) is 2. The van der Waals surface area contributed by atoms with E-state index in [-0.39, 0.29) is 13.2 Å². The molecule has 0 heterocycles. The van der Waals surface area contributed by atoms with Crippen molar-refractivity contribution in [2.24, 2.45) is 0 Å². The van der Waals surface area contributed by atoms with Gasteiger partial charge in [-0.05, 0) is 37.2 Å². The normalized spacial score (nSPS) is 11.7. The monoisotopic (exact) mass is 398 g/mol. The number of rotatable bonds is 18. The topological polar surface area (TPSA) is 88.0 Å². The molecular weight excluding hydrogens is 364 g/mol. The number of aliphatic hydroxyl groups excluding tert-OH is 2. The predicted molar refractivity (Wildman–Crippen MR) is 113 cm³/mol. The first kappa shape index (κ1) is 25.3. The molecule has 0 atom stereocenters. The van der Waals surface area contributed by atoms with Crippen molar-refractivity contribution < 1.29 is 10.2 Å². The highest BCUT2D eigenvalue weighted by molar-refractivity contribution is 8.07. The van der Waals surface area contributed by atoms with Crippen LogP contribution in [0.4, 0.5) is 0 Å². The van der Waals surface area contributed by atoms with Crippen molar-refractivity contribution in [2.45, 2.75) is 77.0 Å². The summed E-state index contributed by atoms with van der Waals surface area (Å²) in [5, 5.41) is 36.1. The fourth-order valence-corrected chi connectivity index (χ4v) is 4.43. The maximum atomic E-state index is 9.31. The third kappa shape index (κ3) is 15.6. The minimum atomic E-state index is 0.282. The van der Waals surface area contributed by atoms with Gasteiger partial charge < -0.3 is 10.2 Å². The Morgan fingerprint density at radius 3 is 1.15 bits per heavy atom. The van der Waals surface area contributed by atoms with E-state index >= 15 is 0 Å². The van der Waals surface area contributed by atoms with Crippen LogP contribution >= 0.6 is 23.5 Å². The minimum absolute atomic E-state index is 0.282. The first-order valence-corrected chi connectivity index (χ1v) is 11.8. The van der Waals surface area contributed by atoms with Crippen LogP contribution in [0.2, 0.25) is 0 Å². The number of allylic oxidation sites excluding steroid dienone is 2. The second kappa shape index (κ2) is 20.6. The molecule has 0 spiro atoms. The molecule has 148 valence electrons. The number of hydrogen-bond donors (Lipinski definition) is 2. The molecule has 0 fully saturated rings. The number of hydrogen-bond acceptors (Lipinski definition) is 6. The third-order valence-electron chi connectivity index (χ3n) is 4.01. The maximum absolute atomic E-state index is 9.31. The summed E-state index contributed by atoms with van der Waals surface area (Å²) in [5.41, 5.74) is 0. The summed E-state index contributed by atoms with van der Waals surface area (Å²) in [7, 11) is 0. The lowest BCUT2D eigenvalue weighted by atomic mass is 10.1. The summed E-state index contributed by atoms with van der Waals surface area (Å²) in [6.07, 6.45) is 13.0. The van der Waals surface area contributed by atoms with Crippen molar-refractivity contribution in [1.29, 1.82) is 10.5 Å². The Morgan fingerprint density at radius 1 is 0.538 bits per heavy atom. The molecule has 0 bridgehead atoms. The highest BCUT2D eigenvalue weighted by atomic mass is 32.2. The van der Waals surface area contributed by atoms with Crippen LogP contribution in [0.1, 0.15) is 77.0 Å². The van der Waals surface area contributed by atoms with Crippen LogP contribution in [0.3, 0.4) is 0 Å². The van der Waals surface area contributed by atoms with Crippen molar-refractivity contribution >= 4 is 23.5 Å². The Balaban J connectivity index is 3.88. The molecule has 0 aromatic rings. The molecule has 4 nitrogen and oxygen atoms in total. The quantitative estimate of drug-likeness (QED) is 0.238. The molecule has 0 amide bonds. The van der Waals surface area contributed by atoms with E-state index in [1.807, 2.05) is 0 Å². The largest absolute Gasteiger partial charge is 0.396 e. The van der Waals surface area contributed by atoms with Gasteiger partial charge in [-0.3, -0.25) is 0 Å². The van der Waals surface area contributed by atoms with Crippen molar-refractivity contribution in [2.75, 3.05) is 24.7 Å². The van der Waals surface area contributed by atoms with Crippen LogP contribution in [-0.2, 0) is 0 Å². The van der Waals surface area contributed by atoms with Gasteiger partial charge in [0.15, 0.2) is 0 Å². The summed E-state index contributed by atoms with van der Waals surface area (Å²) in [4.78, 5) is 1.14. The van der Waals surface area contributed by atoms with Gasteiger partial charge in [0.25, 0.3) is 0 Å². The van der Waals surface area contributed by atoms with Gasteiger partial charge in [-0.25, -0.2) is 0 Å². The van der Waals surface area contributed by atoms with E-state index in [1.54, 1.807) is 0 Å². The molecule has 0 aliphatic carbocycles. The van der Waals surface area contributed by atoms with Gasteiger partial charge in [0.1, 0.15) is 21.9 Å². The maximum Gasteiger partial charge on any atom is 0.109 e. The van der Waals surface area contributed by atoms with Gasteiger partial charge in [-0.2, -0.15) is 10.5 Å². The van der Waals surface area contributed by atoms with E-state index < -0.39 is 0 Å². The molecular formula is C20H34N2O2S2. The SMILES string of the molecule is N#C/C(SCCCCCCCCO)=C(\C#N)SCCCCCCCCO. The second-order valence-electron chi connectivity index (χ2n) is 6.27. The van der Waals surface area contributed by atoms with Crippen LogP contribution in [0.25, 0.3) is 0 Å². The average molecular weight is 399 g/mol. The molecule has 26 heavy (non-hydrogen) atoms. The van der Waals surface area contributed by atoms with Crippen molar-refractivity contribution in [3.8, 4) is 12.1 Å². The summed E-state index contributed by atoms with van der Waals surface area (Å²) in [6.45, 7) is 0.564. The standard InChI is InChI=1S/C20H34N2O2S2/c21-17-19(25-15-11-7-3-1-5-9-13-23)20(18-22)26-16-12-8-4-2-6-10-14-24/h23-24H,1-16H2/b20-19-. The van der Waals surface area contributed by atoms with Gasteiger partial charge in [0, 0.05) is 13.2 Å². The Labute approximate surface area is 168 Å². The van der Waals surface area contributed by atoms with Crippen LogP contribution in [-0.4, -0.2) is 34.9 Å². The van der Waals surface area contributed by atoms with E-state index in [0.29, 0.717) is 9.81 Å². The first-order chi connectivity index (χ1) is 12.8. The molecule has 0 aliphatic rings. The lowest BCUT2D eigenvalue weighted by Crippen LogP contribution is -1.89. The van der Waals surface area contributed by atoms with Crippen LogP contribution < -0.4 is 0 Å². The minimum Gasteiger partial charge on any atom is -0.396 e. The van der Waals surface area contributed by atoms with E-state index in [9.17, 15) is 10.5 Å². The molecule has 0 aromatic carbocycles.